The highest BCUT2D eigenvalue weighted by molar-refractivity contribution is 5.75. The van der Waals surface area contributed by atoms with Crippen molar-refractivity contribution in [3.63, 3.8) is 0 Å². The van der Waals surface area contributed by atoms with Gasteiger partial charge in [0, 0.05) is 26.7 Å². The van der Waals surface area contributed by atoms with Gasteiger partial charge < -0.3 is 15.2 Å². The van der Waals surface area contributed by atoms with Crippen LogP contribution in [0.3, 0.4) is 0 Å². The second-order valence-corrected chi connectivity index (χ2v) is 6.29. The maximum atomic E-state index is 11.6. The smallest absolute Gasteiger partial charge is 0.220 e. The van der Waals surface area contributed by atoms with Crippen LogP contribution in [0.5, 0.6) is 0 Å². The topological polar surface area (TPSA) is 58.6 Å². The zero-order valence-electron chi connectivity index (χ0n) is 13.5. The number of nitrogens with one attached hydrogen (secondary N) is 1. The van der Waals surface area contributed by atoms with Gasteiger partial charge in [0.15, 0.2) is 0 Å². The molecule has 21 heavy (non-hydrogen) atoms. The quantitative estimate of drug-likeness (QED) is 0.760. The van der Waals surface area contributed by atoms with Crippen LogP contribution in [0.4, 0.5) is 0 Å². The third-order valence-electron chi connectivity index (χ3n) is 3.41. The van der Waals surface area contributed by atoms with E-state index in [2.05, 4.69) is 26.1 Å². The molecular weight excluding hydrogens is 266 g/mol. The first kappa shape index (κ1) is 17.7. The molecule has 0 bridgehead atoms. The molecule has 0 radical (unpaired) electrons. The van der Waals surface area contributed by atoms with E-state index in [4.69, 9.17) is 4.74 Å². The second-order valence-electron chi connectivity index (χ2n) is 6.29. The molecule has 1 aromatic carbocycles. The number of aliphatic hydroxyl groups is 1. The van der Waals surface area contributed by atoms with Gasteiger partial charge in [-0.3, -0.25) is 4.79 Å². The Morgan fingerprint density at radius 3 is 2.43 bits per heavy atom. The maximum absolute atomic E-state index is 11.6. The molecule has 1 atom stereocenters. The predicted octanol–water partition coefficient (Wildman–Crippen LogP) is 2.56. The Morgan fingerprint density at radius 1 is 1.29 bits per heavy atom. The summed E-state index contributed by atoms with van der Waals surface area (Å²) >= 11 is 0. The minimum atomic E-state index is -0.676. The summed E-state index contributed by atoms with van der Waals surface area (Å²) < 4.78 is 4.90. The van der Waals surface area contributed by atoms with Crippen molar-refractivity contribution in [3.05, 3.63) is 35.4 Å². The lowest BCUT2D eigenvalue weighted by Gasteiger charge is -2.20. The zero-order chi connectivity index (χ0) is 15.9. The summed E-state index contributed by atoms with van der Waals surface area (Å²) in [5.41, 5.74) is 2.14. The molecular formula is C17H27NO3. The fourth-order valence-electron chi connectivity index (χ4n) is 2.00. The Hall–Kier alpha value is -1.39. The van der Waals surface area contributed by atoms with Crippen LogP contribution in [0.25, 0.3) is 0 Å². The van der Waals surface area contributed by atoms with Gasteiger partial charge in [-0.2, -0.15) is 0 Å². The number of ether oxygens (including phenoxy) is 1. The van der Waals surface area contributed by atoms with Crippen molar-refractivity contribution in [3.8, 4) is 0 Å². The minimum absolute atomic E-state index is 0.0580. The van der Waals surface area contributed by atoms with Crippen molar-refractivity contribution in [2.24, 2.45) is 0 Å². The summed E-state index contributed by atoms with van der Waals surface area (Å²) in [4.78, 5) is 11.6. The molecule has 2 N–H and O–H groups in total. The third-order valence-corrected chi connectivity index (χ3v) is 3.41. The molecule has 0 aliphatic heterocycles. The zero-order valence-corrected chi connectivity index (χ0v) is 13.5. The second kappa shape index (κ2) is 8.15. The standard InChI is InChI=1S/C17H27NO3/c1-17(2,3)14-9-7-13(8-10-14)15(19)12-18-16(20)6-5-11-21-4/h7-10,15,19H,5-6,11-12H2,1-4H3,(H,18,20). The molecule has 0 saturated heterocycles. The summed E-state index contributed by atoms with van der Waals surface area (Å²) in [5.74, 6) is -0.0580. The molecule has 0 heterocycles. The van der Waals surface area contributed by atoms with E-state index in [1.54, 1.807) is 7.11 Å². The Bertz CT molecular complexity index is 434. The van der Waals surface area contributed by atoms with Crippen molar-refractivity contribution in [1.29, 1.82) is 0 Å². The van der Waals surface area contributed by atoms with Gasteiger partial charge in [-0.05, 0) is 23.0 Å². The molecule has 4 heteroatoms. The van der Waals surface area contributed by atoms with Gasteiger partial charge in [0.2, 0.25) is 5.91 Å². The van der Waals surface area contributed by atoms with Crippen LogP contribution in [0.15, 0.2) is 24.3 Å². The molecule has 4 nitrogen and oxygen atoms in total. The normalized spacial score (nSPS) is 13.0. The number of aliphatic hydroxyl groups excluding tert-OH is 1. The molecule has 0 saturated carbocycles. The molecule has 0 aliphatic rings. The van der Waals surface area contributed by atoms with Gasteiger partial charge in [-0.15, -0.1) is 0 Å². The van der Waals surface area contributed by atoms with Crippen molar-refractivity contribution in [1.82, 2.24) is 5.32 Å². The number of carbonyl (C=O) groups is 1. The lowest BCUT2D eigenvalue weighted by atomic mass is 9.86. The first-order chi connectivity index (χ1) is 9.84. The molecule has 0 aliphatic carbocycles. The Kier molecular flexibility index (Phi) is 6.85. The van der Waals surface area contributed by atoms with Crippen molar-refractivity contribution < 1.29 is 14.6 Å². The number of amides is 1. The fourth-order valence-corrected chi connectivity index (χ4v) is 2.00. The number of methoxy groups -OCH3 is 1. The van der Waals surface area contributed by atoms with Crippen molar-refractivity contribution in [2.45, 2.75) is 45.1 Å². The van der Waals surface area contributed by atoms with Crippen molar-refractivity contribution in [2.75, 3.05) is 20.3 Å². The first-order valence-corrected chi connectivity index (χ1v) is 7.38. The summed E-state index contributed by atoms with van der Waals surface area (Å²) in [5, 5.41) is 12.8. The Labute approximate surface area is 127 Å². The van der Waals surface area contributed by atoms with Crippen LogP contribution < -0.4 is 5.32 Å². The van der Waals surface area contributed by atoms with Gasteiger partial charge in [-0.1, -0.05) is 45.0 Å². The highest BCUT2D eigenvalue weighted by Crippen LogP contribution is 2.23. The van der Waals surface area contributed by atoms with Gasteiger partial charge in [0.05, 0.1) is 6.10 Å². The van der Waals surface area contributed by atoms with E-state index in [0.717, 1.165) is 5.56 Å². The molecule has 0 fully saturated rings. The number of hydrogen-bond donors (Lipinski definition) is 2. The fraction of sp³-hybridized carbons (Fsp3) is 0.588. The van der Waals surface area contributed by atoms with Gasteiger partial charge in [0.25, 0.3) is 0 Å². The summed E-state index contributed by atoms with van der Waals surface area (Å²) in [6, 6.07) is 7.89. The lowest BCUT2D eigenvalue weighted by Crippen LogP contribution is -2.28. The Balaban J connectivity index is 2.45. The van der Waals surface area contributed by atoms with Crippen LogP contribution in [-0.2, 0) is 14.9 Å². The van der Waals surface area contributed by atoms with Gasteiger partial charge in [-0.25, -0.2) is 0 Å². The molecule has 118 valence electrons. The number of rotatable bonds is 7. The SMILES string of the molecule is COCCCC(=O)NCC(O)c1ccc(C(C)(C)C)cc1. The molecule has 1 unspecified atom stereocenters. The van der Waals surface area contributed by atoms with Crippen molar-refractivity contribution >= 4 is 5.91 Å². The Morgan fingerprint density at radius 2 is 1.90 bits per heavy atom. The lowest BCUT2D eigenvalue weighted by molar-refractivity contribution is -0.121. The van der Waals surface area contributed by atoms with Gasteiger partial charge in [0.1, 0.15) is 0 Å². The van der Waals surface area contributed by atoms with E-state index in [1.807, 2.05) is 24.3 Å². The monoisotopic (exact) mass is 293 g/mol. The van der Waals surface area contributed by atoms with E-state index < -0.39 is 6.10 Å². The molecule has 0 aromatic heterocycles. The summed E-state index contributed by atoms with van der Waals surface area (Å²) in [6.45, 7) is 7.26. The van der Waals surface area contributed by atoms with Crippen LogP contribution in [0.2, 0.25) is 0 Å². The number of benzene rings is 1. The number of hydrogen-bond acceptors (Lipinski definition) is 3. The molecule has 1 amide bonds. The molecule has 1 aromatic rings. The third kappa shape index (κ3) is 6.27. The highest BCUT2D eigenvalue weighted by Gasteiger charge is 2.15. The summed E-state index contributed by atoms with van der Waals surface area (Å²) in [7, 11) is 1.61. The largest absolute Gasteiger partial charge is 0.387 e. The highest BCUT2D eigenvalue weighted by atomic mass is 16.5. The minimum Gasteiger partial charge on any atom is -0.387 e. The van der Waals surface area contributed by atoms with Crippen LogP contribution in [-0.4, -0.2) is 31.3 Å². The van der Waals surface area contributed by atoms with E-state index in [9.17, 15) is 9.90 Å². The molecule has 0 spiro atoms. The van der Waals surface area contributed by atoms with E-state index in [-0.39, 0.29) is 17.9 Å². The van der Waals surface area contributed by atoms with E-state index in [1.165, 1.54) is 5.56 Å². The number of carbonyl (C=O) groups excluding carboxylic acids is 1. The van der Waals surface area contributed by atoms with Crippen LogP contribution >= 0.6 is 0 Å². The first-order valence-electron chi connectivity index (χ1n) is 7.38. The predicted molar refractivity (Wildman–Crippen MR) is 84.2 cm³/mol. The molecule has 1 rings (SSSR count). The van der Waals surface area contributed by atoms with Gasteiger partial charge >= 0.3 is 0 Å². The average molecular weight is 293 g/mol. The maximum Gasteiger partial charge on any atom is 0.220 e. The van der Waals surface area contributed by atoms with Crippen LogP contribution in [0.1, 0.15) is 50.8 Å². The van der Waals surface area contributed by atoms with E-state index in [0.29, 0.717) is 19.4 Å². The van der Waals surface area contributed by atoms with Crippen LogP contribution in [0, 0.1) is 0 Å². The average Bonchev–Trinajstić information content (AvgIpc) is 2.44. The van der Waals surface area contributed by atoms with E-state index >= 15 is 0 Å². The summed E-state index contributed by atoms with van der Waals surface area (Å²) in [6.07, 6.45) is 0.438.